The molecule has 1 aromatic heterocycles. The van der Waals surface area contributed by atoms with Gasteiger partial charge in [-0.3, -0.25) is 24.1 Å². The van der Waals surface area contributed by atoms with Crippen LogP contribution in [0, 0.1) is 0 Å². The molecule has 0 saturated carbocycles. The van der Waals surface area contributed by atoms with E-state index in [0.717, 1.165) is 15.1 Å². The number of hydrogen-bond acceptors (Lipinski definition) is 5. The third-order valence-corrected chi connectivity index (χ3v) is 5.96. The summed E-state index contributed by atoms with van der Waals surface area (Å²) in [6.45, 7) is 5.66. The zero-order valence-corrected chi connectivity index (χ0v) is 18.1. The molecule has 1 saturated heterocycles. The first-order valence-electron chi connectivity index (χ1n) is 9.94. The average molecular weight is 449 g/mol. The minimum Gasteiger partial charge on any atom is -0.326 e. The predicted molar refractivity (Wildman–Crippen MR) is 122 cm³/mol. The second kappa shape index (κ2) is 8.72. The third-order valence-electron chi connectivity index (χ3n) is 4.91. The molecular weight excluding hydrogens is 428 g/mol. The monoisotopic (exact) mass is 448 g/mol. The van der Waals surface area contributed by atoms with Gasteiger partial charge in [0.15, 0.2) is 4.80 Å². The van der Waals surface area contributed by atoms with E-state index >= 15 is 0 Å². The number of hydrogen-bond donors (Lipinski definition) is 1. The van der Waals surface area contributed by atoms with Gasteiger partial charge in [-0.2, -0.15) is 4.99 Å². The highest BCUT2D eigenvalue weighted by Gasteiger charge is 2.30. The van der Waals surface area contributed by atoms with Crippen molar-refractivity contribution in [2.24, 2.45) is 4.99 Å². The van der Waals surface area contributed by atoms with Crippen LogP contribution in [0.5, 0.6) is 0 Å². The lowest BCUT2D eigenvalue weighted by molar-refractivity contribution is -0.121. The summed E-state index contributed by atoms with van der Waals surface area (Å²) < 4.78 is 2.71. The van der Waals surface area contributed by atoms with Gasteiger partial charge in [-0.05, 0) is 36.4 Å². The van der Waals surface area contributed by atoms with Crippen LogP contribution >= 0.6 is 11.3 Å². The first-order chi connectivity index (χ1) is 15.4. The number of thiazole rings is 1. The molecule has 2 heterocycles. The number of rotatable bonds is 5. The van der Waals surface area contributed by atoms with Crippen LogP contribution < -0.4 is 15.0 Å². The summed E-state index contributed by atoms with van der Waals surface area (Å²) >= 11 is 1.32. The van der Waals surface area contributed by atoms with E-state index < -0.39 is 5.91 Å². The predicted octanol–water partition coefficient (Wildman–Crippen LogP) is 3.24. The Morgan fingerprint density at radius 1 is 1.16 bits per heavy atom. The summed E-state index contributed by atoms with van der Waals surface area (Å²) in [5.41, 5.74) is 2.16. The standard InChI is InChI=1S/C23H20N4O4S/c1-3-11-26-18-8-7-16(24-14(2)28)13-19(18)32-23(26)25-22(31)15-5-4-6-17(12-15)27-20(29)9-10-21(27)30/h3-8,12-13H,1,9-11H2,2H3,(H,24,28). The first kappa shape index (κ1) is 21.4. The van der Waals surface area contributed by atoms with Crippen LogP contribution in [0.1, 0.15) is 30.1 Å². The summed E-state index contributed by atoms with van der Waals surface area (Å²) in [5, 5.41) is 2.75. The molecule has 8 nitrogen and oxygen atoms in total. The maximum atomic E-state index is 12.9. The van der Waals surface area contributed by atoms with Crippen LogP contribution in [0.3, 0.4) is 0 Å². The molecule has 32 heavy (non-hydrogen) atoms. The molecule has 0 radical (unpaired) electrons. The topological polar surface area (TPSA) is 101 Å². The Bertz CT molecular complexity index is 1340. The second-order valence-electron chi connectivity index (χ2n) is 7.24. The summed E-state index contributed by atoms with van der Waals surface area (Å²) in [6.07, 6.45) is 2.05. The molecule has 9 heteroatoms. The molecular formula is C23H20N4O4S. The number of amides is 4. The molecule has 0 spiro atoms. The number of benzene rings is 2. The van der Waals surface area contributed by atoms with Crippen molar-refractivity contribution >= 4 is 56.6 Å². The van der Waals surface area contributed by atoms with Crippen LogP contribution in [0.2, 0.25) is 0 Å². The normalized spacial score (nSPS) is 14.3. The number of aromatic nitrogens is 1. The smallest absolute Gasteiger partial charge is 0.279 e. The quantitative estimate of drug-likeness (QED) is 0.478. The Morgan fingerprint density at radius 2 is 1.91 bits per heavy atom. The van der Waals surface area contributed by atoms with Crippen LogP contribution in [-0.4, -0.2) is 28.2 Å². The van der Waals surface area contributed by atoms with E-state index in [1.807, 2.05) is 16.7 Å². The van der Waals surface area contributed by atoms with Gasteiger partial charge in [0, 0.05) is 37.6 Å². The highest BCUT2D eigenvalue weighted by Crippen LogP contribution is 2.24. The number of nitrogens with zero attached hydrogens (tertiary/aromatic N) is 3. The molecule has 0 unspecified atom stereocenters. The lowest BCUT2D eigenvalue weighted by Crippen LogP contribution is -2.28. The van der Waals surface area contributed by atoms with Crippen molar-refractivity contribution in [2.45, 2.75) is 26.3 Å². The molecule has 0 aliphatic carbocycles. The van der Waals surface area contributed by atoms with Crippen molar-refractivity contribution in [3.63, 3.8) is 0 Å². The van der Waals surface area contributed by atoms with Crippen LogP contribution in [0.15, 0.2) is 60.1 Å². The molecule has 162 valence electrons. The molecule has 4 rings (SSSR count). The van der Waals surface area contributed by atoms with E-state index in [1.165, 1.54) is 24.3 Å². The van der Waals surface area contributed by atoms with Crippen molar-refractivity contribution in [3.8, 4) is 0 Å². The van der Waals surface area contributed by atoms with Gasteiger partial charge >= 0.3 is 0 Å². The number of imide groups is 1. The Labute approximate surface area is 187 Å². The average Bonchev–Trinajstić information content (AvgIpc) is 3.26. The highest BCUT2D eigenvalue weighted by atomic mass is 32.1. The van der Waals surface area contributed by atoms with Crippen molar-refractivity contribution in [2.75, 3.05) is 10.2 Å². The van der Waals surface area contributed by atoms with Gasteiger partial charge < -0.3 is 9.88 Å². The van der Waals surface area contributed by atoms with Crippen molar-refractivity contribution in [1.82, 2.24) is 4.57 Å². The number of carbonyl (C=O) groups excluding carboxylic acids is 4. The van der Waals surface area contributed by atoms with Gasteiger partial charge in [0.05, 0.1) is 15.9 Å². The molecule has 0 atom stereocenters. The fourth-order valence-electron chi connectivity index (χ4n) is 3.54. The van der Waals surface area contributed by atoms with Crippen molar-refractivity contribution in [1.29, 1.82) is 0 Å². The number of anilines is 2. The van der Waals surface area contributed by atoms with E-state index in [1.54, 1.807) is 30.3 Å². The number of allylic oxidation sites excluding steroid dienone is 1. The zero-order valence-electron chi connectivity index (χ0n) is 17.3. The van der Waals surface area contributed by atoms with E-state index in [4.69, 9.17) is 0 Å². The number of nitrogens with one attached hydrogen (secondary N) is 1. The fraction of sp³-hybridized carbons (Fsp3) is 0.174. The molecule has 2 aromatic carbocycles. The van der Waals surface area contributed by atoms with Crippen LogP contribution in [-0.2, 0) is 20.9 Å². The second-order valence-corrected chi connectivity index (χ2v) is 8.25. The number of carbonyl (C=O) groups is 4. The lowest BCUT2D eigenvalue weighted by Gasteiger charge is -2.14. The summed E-state index contributed by atoms with van der Waals surface area (Å²) in [5.74, 6) is -1.22. The SMILES string of the molecule is C=CCn1c(=NC(=O)c2cccc(N3C(=O)CCC3=O)c2)sc2cc(NC(C)=O)ccc21. The maximum Gasteiger partial charge on any atom is 0.279 e. The van der Waals surface area contributed by atoms with E-state index in [9.17, 15) is 19.2 Å². The van der Waals surface area contributed by atoms with Crippen LogP contribution in [0.4, 0.5) is 11.4 Å². The van der Waals surface area contributed by atoms with E-state index in [0.29, 0.717) is 22.7 Å². The van der Waals surface area contributed by atoms with Gasteiger partial charge in [-0.1, -0.05) is 23.5 Å². The molecule has 1 fully saturated rings. The molecule has 4 amide bonds. The zero-order chi connectivity index (χ0) is 22.8. The molecule has 1 aliphatic heterocycles. The largest absolute Gasteiger partial charge is 0.326 e. The van der Waals surface area contributed by atoms with Crippen LogP contribution in [0.25, 0.3) is 10.2 Å². The van der Waals surface area contributed by atoms with Gasteiger partial charge in [0.2, 0.25) is 17.7 Å². The summed E-state index contributed by atoms with van der Waals surface area (Å²) in [6, 6.07) is 11.8. The van der Waals surface area contributed by atoms with Gasteiger partial charge in [-0.25, -0.2) is 0 Å². The lowest BCUT2D eigenvalue weighted by atomic mass is 10.2. The first-order valence-corrected chi connectivity index (χ1v) is 10.8. The van der Waals surface area contributed by atoms with Crippen molar-refractivity contribution in [3.05, 3.63) is 65.5 Å². The van der Waals surface area contributed by atoms with Crippen molar-refractivity contribution < 1.29 is 19.2 Å². The van der Waals surface area contributed by atoms with Gasteiger partial charge in [0.1, 0.15) is 0 Å². The summed E-state index contributed by atoms with van der Waals surface area (Å²) in [4.78, 5) is 54.2. The third kappa shape index (κ3) is 4.15. The molecule has 0 bridgehead atoms. The molecule has 1 aliphatic rings. The Balaban J connectivity index is 1.74. The van der Waals surface area contributed by atoms with E-state index in [-0.39, 0.29) is 36.1 Å². The number of fused-ring (bicyclic) bond motifs is 1. The Kier molecular flexibility index (Phi) is 5.83. The Hall–Kier alpha value is -3.85. The van der Waals surface area contributed by atoms with Gasteiger partial charge in [0.25, 0.3) is 5.91 Å². The minimum absolute atomic E-state index is 0.171. The molecule has 3 aromatic rings. The summed E-state index contributed by atoms with van der Waals surface area (Å²) in [7, 11) is 0. The Morgan fingerprint density at radius 3 is 2.59 bits per heavy atom. The van der Waals surface area contributed by atoms with E-state index in [2.05, 4.69) is 16.9 Å². The minimum atomic E-state index is -0.489. The highest BCUT2D eigenvalue weighted by molar-refractivity contribution is 7.16. The molecule has 1 N–H and O–H groups in total. The maximum absolute atomic E-state index is 12.9. The fourth-order valence-corrected chi connectivity index (χ4v) is 4.62. The van der Waals surface area contributed by atoms with Gasteiger partial charge in [-0.15, -0.1) is 6.58 Å².